The lowest BCUT2D eigenvalue weighted by Crippen LogP contribution is -2.42. The lowest BCUT2D eigenvalue weighted by Gasteiger charge is -2.33. The van der Waals surface area contributed by atoms with Gasteiger partial charge in [0, 0.05) is 19.6 Å². The van der Waals surface area contributed by atoms with Crippen molar-refractivity contribution in [1.29, 1.82) is 0 Å². The quantitative estimate of drug-likeness (QED) is 0.644. The van der Waals surface area contributed by atoms with Gasteiger partial charge in [0.05, 0.1) is 16.3 Å². The average molecular weight is 460 g/mol. The van der Waals surface area contributed by atoms with E-state index in [0.29, 0.717) is 31.2 Å². The van der Waals surface area contributed by atoms with Crippen LogP contribution in [-0.4, -0.2) is 44.6 Å². The minimum absolute atomic E-state index is 0.229. The number of rotatable bonds is 6. The van der Waals surface area contributed by atoms with E-state index >= 15 is 0 Å². The third kappa shape index (κ3) is 6.63. The van der Waals surface area contributed by atoms with Crippen LogP contribution in [0.1, 0.15) is 39.2 Å². The van der Waals surface area contributed by atoms with Gasteiger partial charge in [-0.1, -0.05) is 29.8 Å². The number of piperidine rings is 1. The number of benzene rings is 2. The topological polar surface area (TPSA) is 87.7 Å². The van der Waals surface area contributed by atoms with Crippen LogP contribution in [0.4, 0.5) is 16.2 Å². The lowest BCUT2D eigenvalue weighted by molar-refractivity contribution is 0.0188. The fourth-order valence-corrected chi connectivity index (χ4v) is 4.63. The Hall–Kier alpha value is -2.74. The number of hydrogen-bond acceptors (Lipinski definition) is 5. The maximum Gasteiger partial charge on any atom is 0.410 e. The first-order chi connectivity index (χ1) is 15.0. The van der Waals surface area contributed by atoms with Gasteiger partial charge >= 0.3 is 6.09 Å². The number of carbonyl (C=O) groups excluding carboxylic acids is 1. The van der Waals surface area contributed by atoms with Crippen molar-refractivity contribution in [3.05, 3.63) is 54.1 Å². The van der Waals surface area contributed by atoms with Crippen LogP contribution in [0, 0.1) is 12.8 Å². The number of nitrogens with zero attached hydrogens (tertiary/aromatic N) is 1. The number of likely N-dealkylation sites (tertiary alicyclic amines) is 1. The molecule has 2 aromatic carbocycles. The number of anilines is 2. The molecule has 1 aliphatic rings. The van der Waals surface area contributed by atoms with E-state index in [2.05, 4.69) is 10.0 Å². The van der Waals surface area contributed by atoms with E-state index in [1.807, 2.05) is 39.8 Å². The molecule has 1 aliphatic heterocycles. The molecule has 0 bridgehead atoms. The van der Waals surface area contributed by atoms with Crippen LogP contribution in [0.15, 0.2) is 53.4 Å². The van der Waals surface area contributed by atoms with Crippen LogP contribution < -0.4 is 10.0 Å². The van der Waals surface area contributed by atoms with E-state index in [-0.39, 0.29) is 11.0 Å². The fourth-order valence-electron chi connectivity index (χ4n) is 3.55. The van der Waals surface area contributed by atoms with Crippen molar-refractivity contribution >= 4 is 27.5 Å². The van der Waals surface area contributed by atoms with Gasteiger partial charge in [0.2, 0.25) is 0 Å². The Morgan fingerprint density at radius 1 is 1.03 bits per heavy atom. The van der Waals surface area contributed by atoms with Crippen LogP contribution in [0.5, 0.6) is 0 Å². The smallest absolute Gasteiger partial charge is 0.410 e. The third-order valence-electron chi connectivity index (χ3n) is 5.35. The summed E-state index contributed by atoms with van der Waals surface area (Å²) in [5, 5.41) is 3.39. The minimum atomic E-state index is -3.68. The maximum absolute atomic E-state index is 12.8. The van der Waals surface area contributed by atoms with E-state index in [4.69, 9.17) is 4.74 Å². The average Bonchev–Trinajstić information content (AvgIpc) is 2.72. The predicted octanol–water partition coefficient (Wildman–Crippen LogP) is 4.85. The number of para-hydroxylation sites is 2. The molecule has 1 saturated heterocycles. The highest BCUT2D eigenvalue weighted by molar-refractivity contribution is 7.92. The lowest BCUT2D eigenvalue weighted by atomic mass is 9.97. The molecule has 174 valence electrons. The highest BCUT2D eigenvalue weighted by Crippen LogP contribution is 2.26. The molecule has 0 saturated carbocycles. The summed E-state index contributed by atoms with van der Waals surface area (Å²) in [6.07, 6.45) is 1.47. The summed E-state index contributed by atoms with van der Waals surface area (Å²) in [6.45, 7) is 9.53. The zero-order valence-electron chi connectivity index (χ0n) is 19.2. The summed E-state index contributed by atoms with van der Waals surface area (Å²) in [6, 6.07) is 14.1. The van der Waals surface area contributed by atoms with Gasteiger partial charge in [-0.2, -0.15) is 0 Å². The molecule has 32 heavy (non-hydrogen) atoms. The van der Waals surface area contributed by atoms with Crippen LogP contribution in [0.2, 0.25) is 0 Å². The van der Waals surface area contributed by atoms with Crippen molar-refractivity contribution < 1.29 is 17.9 Å². The number of carbonyl (C=O) groups is 1. The van der Waals surface area contributed by atoms with Crippen molar-refractivity contribution in [2.45, 2.75) is 51.0 Å². The first kappa shape index (κ1) is 23.9. The Morgan fingerprint density at radius 3 is 2.22 bits per heavy atom. The zero-order chi connectivity index (χ0) is 23.4. The normalized spacial score (nSPS) is 15.3. The van der Waals surface area contributed by atoms with Crippen molar-refractivity contribution in [2.24, 2.45) is 5.92 Å². The standard InChI is InChI=1S/C24H33N3O4S/c1-18-9-11-20(12-10-18)32(29,30)26-22-8-6-5-7-21(22)25-17-19-13-15-27(16-14-19)23(28)31-24(2,3)4/h5-12,19,25-26H,13-17H2,1-4H3. The van der Waals surface area contributed by atoms with Gasteiger partial charge in [0.1, 0.15) is 5.60 Å². The fraction of sp³-hybridized carbons (Fsp3) is 0.458. The van der Waals surface area contributed by atoms with Crippen molar-refractivity contribution in [1.82, 2.24) is 4.90 Å². The molecule has 0 aliphatic carbocycles. The number of sulfonamides is 1. The largest absolute Gasteiger partial charge is 0.444 e. The number of ether oxygens (including phenoxy) is 1. The van der Waals surface area contributed by atoms with Gasteiger partial charge in [0.15, 0.2) is 0 Å². The first-order valence-corrected chi connectivity index (χ1v) is 12.4. The molecule has 1 fully saturated rings. The van der Waals surface area contributed by atoms with E-state index in [9.17, 15) is 13.2 Å². The Labute approximate surface area is 191 Å². The second kappa shape index (κ2) is 9.81. The number of nitrogens with one attached hydrogen (secondary N) is 2. The molecular formula is C24H33N3O4S. The van der Waals surface area contributed by atoms with Crippen molar-refractivity contribution in [3.8, 4) is 0 Å². The molecule has 1 amide bonds. The van der Waals surface area contributed by atoms with Crippen LogP contribution in [-0.2, 0) is 14.8 Å². The summed E-state index contributed by atoms with van der Waals surface area (Å²) < 4.78 is 33.7. The molecule has 7 nitrogen and oxygen atoms in total. The Bertz CT molecular complexity index is 1020. The monoisotopic (exact) mass is 459 g/mol. The molecule has 1 heterocycles. The maximum atomic E-state index is 12.8. The molecule has 3 rings (SSSR count). The number of aryl methyl sites for hydroxylation is 1. The summed E-state index contributed by atoms with van der Waals surface area (Å²) >= 11 is 0. The molecule has 2 N–H and O–H groups in total. The van der Waals surface area contributed by atoms with Crippen molar-refractivity contribution in [3.63, 3.8) is 0 Å². The van der Waals surface area contributed by atoms with Crippen molar-refractivity contribution in [2.75, 3.05) is 29.7 Å². The molecule has 0 spiro atoms. The SMILES string of the molecule is Cc1ccc(S(=O)(=O)Nc2ccccc2NCC2CCN(C(=O)OC(C)(C)C)CC2)cc1. The second-order valence-electron chi connectivity index (χ2n) is 9.26. The number of amides is 1. The summed E-state index contributed by atoms with van der Waals surface area (Å²) in [4.78, 5) is 14.2. The predicted molar refractivity (Wildman–Crippen MR) is 127 cm³/mol. The van der Waals surface area contributed by atoms with Crippen LogP contribution in [0.25, 0.3) is 0 Å². The Kier molecular flexibility index (Phi) is 7.33. The first-order valence-electron chi connectivity index (χ1n) is 10.9. The Balaban J connectivity index is 1.57. The summed E-state index contributed by atoms with van der Waals surface area (Å²) in [5.74, 6) is 0.385. The van der Waals surface area contributed by atoms with Gasteiger partial charge in [0.25, 0.3) is 10.0 Å². The number of hydrogen-bond donors (Lipinski definition) is 2. The molecule has 8 heteroatoms. The highest BCUT2D eigenvalue weighted by Gasteiger charge is 2.27. The van der Waals surface area contributed by atoms with Gasteiger partial charge < -0.3 is 15.0 Å². The van der Waals surface area contributed by atoms with Gasteiger partial charge in [-0.3, -0.25) is 4.72 Å². The molecular weight excluding hydrogens is 426 g/mol. The van der Waals surface area contributed by atoms with E-state index in [1.165, 1.54) is 0 Å². The summed E-state index contributed by atoms with van der Waals surface area (Å²) in [7, 11) is -3.68. The van der Waals surface area contributed by atoms with E-state index < -0.39 is 15.6 Å². The highest BCUT2D eigenvalue weighted by atomic mass is 32.2. The molecule has 0 aromatic heterocycles. The summed E-state index contributed by atoms with van der Waals surface area (Å²) in [5.41, 5.74) is 1.76. The van der Waals surface area contributed by atoms with E-state index in [1.54, 1.807) is 41.3 Å². The van der Waals surface area contributed by atoms with Gasteiger partial charge in [-0.05, 0) is 70.7 Å². The molecule has 0 atom stereocenters. The Morgan fingerprint density at radius 2 is 1.62 bits per heavy atom. The molecule has 2 aromatic rings. The van der Waals surface area contributed by atoms with Gasteiger partial charge in [-0.15, -0.1) is 0 Å². The van der Waals surface area contributed by atoms with Crippen LogP contribution >= 0.6 is 0 Å². The minimum Gasteiger partial charge on any atom is -0.444 e. The molecule has 0 unspecified atom stereocenters. The zero-order valence-corrected chi connectivity index (χ0v) is 20.0. The molecule has 0 radical (unpaired) electrons. The second-order valence-corrected chi connectivity index (χ2v) is 10.9. The van der Waals surface area contributed by atoms with E-state index in [0.717, 1.165) is 24.1 Å². The van der Waals surface area contributed by atoms with Crippen LogP contribution in [0.3, 0.4) is 0 Å². The third-order valence-corrected chi connectivity index (χ3v) is 6.73. The van der Waals surface area contributed by atoms with Gasteiger partial charge in [-0.25, -0.2) is 13.2 Å².